The van der Waals surface area contributed by atoms with Gasteiger partial charge in [0.15, 0.2) is 5.78 Å². The maximum absolute atomic E-state index is 13.1. The van der Waals surface area contributed by atoms with Crippen molar-refractivity contribution in [3.63, 3.8) is 0 Å². The van der Waals surface area contributed by atoms with Crippen molar-refractivity contribution in [3.8, 4) is 0 Å². The van der Waals surface area contributed by atoms with Crippen molar-refractivity contribution >= 4 is 39.0 Å². The third kappa shape index (κ3) is 4.56. The molecule has 8 nitrogen and oxygen atoms in total. The largest absolute Gasteiger partial charge is 0.324 e. The molecule has 1 fully saturated rings. The number of nitrogens with zero attached hydrogens (tertiary/aromatic N) is 2. The minimum absolute atomic E-state index is 0.118. The minimum atomic E-state index is -3.62. The Bertz CT molecular complexity index is 1220. The van der Waals surface area contributed by atoms with Gasteiger partial charge in [0.2, 0.25) is 21.8 Å². The first-order valence-electron chi connectivity index (χ1n) is 11.0. The van der Waals surface area contributed by atoms with Crippen LogP contribution in [0.15, 0.2) is 47.4 Å². The molecule has 0 aromatic heterocycles. The molecule has 2 aliphatic rings. The molecule has 9 heteroatoms. The summed E-state index contributed by atoms with van der Waals surface area (Å²) in [7, 11) is -3.62. The van der Waals surface area contributed by atoms with E-state index in [9.17, 15) is 22.8 Å². The number of rotatable bonds is 5. The van der Waals surface area contributed by atoms with Crippen molar-refractivity contribution in [2.24, 2.45) is 0 Å². The van der Waals surface area contributed by atoms with E-state index in [4.69, 9.17) is 0 Å². The van der Waals surface area contributed by atoms with Crippen molar-refractivity contribution in [2.75, 3.05) is 23.3 Å². The lowest BCUT2D eigenvalue weighted by Crippen LogP contribution is -2.44. The van der Waals surface area contributed by atoms with E-state index >= 15 is 0 Å². The number of sulfonamides is 1. The second kappa shape index (κ2) is 9.07. The molecular formula is C24H27N3O5S. The molecule has 2 aromatic carbocycles. The van der Waals surface area contributed by atoms with Crippen LogP contribution in [0.1, 0.15) is 49.0 Å². The molecule has 0 unspecified atom stereocenters. The highest BCUT2D eigenvalue weighted by molar-refractivity contribution is 7.89. The summed E-state index contributed by atoms with van der Waals surface area (Å²) in [6.45, 7) is 3.83. The number of benzene rings is 2. The number of nitrogens with one attached hydrogen (secondary N) is 1. The first kappa shape index (κ1) is 23.1. The summed E-state index contributed by atoms with van der Waals surface area (Å²) in [6.07, 6.45) is 2.91. The van der Waals surface area contributed by atoms with Crippen molar-refractivity contribution in [2.45, 2.75) is 50.5 Å². The molecule has 2 amide bonds. The minimum Gasteiger partial charge on any atom is -0.324 e. The van der Waals surface area contributed by atoms with Crippen LogP contribution < -0.4 is 10.2 Å². The van der Waals surface area contributed by atoms with E-state index in [1.54, 1.807) is 36.4 Å². The zero-order chi connectivity index (χ0) is 23.8. The smallest absolute Gasteiger partial charge is 0.247 e. The number of hydrogen-bond acceptors (Lipinski definition) is 5. The van der Waals surface area contributed by atoms with Crippen LogP contribution >= 0.6 is 0 Å². The zero-order valence-corrected chi connectivity index (χ0v) is 19.5. The molecule has 0 radical (unpaired) electrons. The molecule has 0 aliphatic carbocycles. The van der Waals surface area contributed by atoms with Gasteiger partial charge in [-0.25, -0.2) is 8.42 Å². The summed E-state index contributed by atoms with van der Waals surface area (Å²) < 4.78 is 27.7. The highest BCUT2D eigenvalue weighted by Gasteiger charge is 2.38. The predicted octanol–water partition coefficient (Wildman–Crippen LogP) is 2.98. The van der Waals surface area contributed by atoms with Crippen LogP contribution in [0, 0.1) is 0 Å². The molecular weight excluding hydrogens is 442 g/mol. The van der Waals surface area contributed by atoms with Crippen LogP contribution in [-0.2, 0) is 26.0 Å². The number of carbonyl (C=O) groups excluding carboxylic acids is 3. The molecule has 2 aliphatic heterocycles. The van der Waals surface area contributed by atoms with E-state index in [-0.39, 0.29) is 23.0 Å². The summed E-state index contributed by atoms with van der Waals surface area (Å²) in [4.78, 5) is 38.7. The van der Waals surface area contributed by atoms with Gasteiger partial charge in [0.05, 0.1) is 4.90 Å². The van der Waals surface area contributed by atoms with E-state index in [1.807, 2.05) is 0 Å². The van der Waals surface area contributed by atoms with E-state index in [0.717, 1.165) is 19.3 Å². The Labute approximate surface area is 193 Å². The van der Waals surface area contributed by atoms with Gasteiger partial charge in [-0.05, 0) is 55.7 Å². The lowest BCUT2D eigenvalue weighted by atomic mass is 10.1. The normalized spacial score (nSPS) is 18.6. The van der Waals surface area contributed by atoms with E-state index in [0.29, 0.717) is 35.6 Å². The Morgan fingerprint density at radius 2 is 1.70 bits per heavy atom. The first-order valence-corrected chi connectivity index (χ1v) is 12.5. The van der Waals surface area contributed by atoms with Gasteiger partial charge in [0.1, 0.15) is 6.04 Å². The van der Waals surface area contributed by atoms with Crippen LogP contribution in [0.5, 0.6) is 0 Å². The number of fused-ring (bicyclic) bond motifs is 1. The van der Waals surface area contributed by atoms with E-state index in [1.165, 1.54) is 29.1 Å². The van der Waals surface area contributed by atoms with Crippen molar-refractivity contribution in [3.05, 3.63) is 53.6 Å². The van der Waals surface area contributed by atoms with Crippen molar-refractivity contribution < 1.29 is 22.8 Å². The first-order chi connectivity index (χ1) is 15.7. The third-order valence-electron chi connectivity index (χ3n) is 6.17. The predicted molar refractivity (Wildman–Crippen MR) is 125 cm³/mol. The van der Waals surface area contributed by atoms with Gasteiger partial charge in [-0.3, -0.25) is 19.3 Å². The Hall–Kier alpha value is -3.04. The van der Waals surface area contributed by atoms with Gasteiger partial charge in [0.25, 0.3) is 0 Å². The molecule has 33 heavy (non-hydrogen) atoms. The Morgan fingerprint density at radius 3 is 2.36 bits per heavy atom. The summed E-state index contributed by atoms with van der Waals surface area (Å²) in [5, 5.41) is 2.78. The number of Topliss-reactive ketones (excluding diaryl/α,β-unsaturated/α-hetero) is 1. The summed E-state index contributed by atoms with van der Waals surface area (Å²) in [5.41, 5.74) is 2.11. The highest BCUT2D eigenvalue weighted by Crippen LogP contribution is 2.35. The quantitative estimate of drug-likeness (QED) is 0.678. The fraction of sp³-hybridized carbons (Fsp3) is 0.375. The second-order valence-electron chi connectivity index (χ2n) is 8.49. The average molecular weight is 470 g/mol. The molecule has 4 rings (SSSR count). The van der Waals surface area contributed by atoms with Crippen molar-refractivity contribution in [1.29, 1.82) is 0 Å². The van der Waals surface area contributed by atoms with Crippen LogP contribution in [0.2, 0.25) is 0 Å². The van der Waals surface area contributed by atoms with Crippen molar-refractivity contribution in [1.82, 2.24) is 4.31 Å². The molecule has 1 atom stereocenters. The molecule has 174 valence electrons. The van der Waals surface area contributed by atoms with Gasteiger partial charge < -0.3 is 5.32 Å². The SMILES string of the molecule is CC(=O)c1cccc(NC(=O)[C@H]2Cc3cc(S(=O)(=O)N4CCCCC4)ccc3N2C(C)=O)c1. The molecule has 1 saturated heterocycles. The number of piperidine rings is 1. The summed E-state index contributed by atoms with van der Waals surface area (Å²) in [5.74, 6) is -0.826. The molecule has 2 heterocycles. The van der Waals surface area contributed by atoms with Crippen LogP contribution in [-0.4, -0.2) is 49.5 Å². The number of ketones is 1. The average Bonchev–Trinajstić information content (AvgIpc) is 3.19. The topological polar surface area (TPSA) is 104 Å². The molecule has 0 spiro atoms. The monoisotopic (exact) mass is 469 g/mol. The van der Waals surface area contributed by atoms with Crippen LogP contribution in [0.25, 0.3) is 0 Å². The number of carbonyl (C=O) groups is 3. The second-order valence-corrected chi connectivity index (χ2v) is 10.4. The van der Waals surface area contributed by atoms with E-state index in [2.05, 4.69) is 5.32 Å². The summed E-state index contributed by atoms with van der Waals surface area (Å²) in [6, 6.07) is 10.5. The number of amides is 2. The van der Waals surface area contributed by atoms with Gasteiger partial charge in [-0.15, -0.1) is 0 Å². The Morgan fingerprint density at radius 1 is 0.970 bits per heavy atom. The maximum atomic E-state index is 13.1. The number of hydrogen-bond donors (Lipinski definition) is 1. The number of anilines is 2. The molecule has 1 N–H and O–H groups in total. The van der Waals surface area contributed by atoms with Gasteiger partial charge >= 0.3 is 0 Å². The summed E-state index contributed by atoms with van der Waals surface area (Å²) >= 11 is 0. The van der Waals surface area contributed by atoms with Gasteiger partial charge in [-0.2, -0.15) is 4.31 Å². The molecule has 0 saturated carbocycles. The Kier molecular flexibility index (Phi) is 6.36. The zero-order valence-electron chi connectivity index (χ0n) is 18.7. The third-order valence-corrected chi connectivity index (χ3v) is 8.06. The molecule has 0 bridgehead atoms. The standard InChI is InChI=1S/C24H27N3O5S/c1-16(28)18-7-6-8-20(13-18)25-24(30)23-15-19-14-21(9-10-22(19)27(23)17(2)29)33(31,32)26-11-4-3-5-12-26/h6-10,13-14,23H,3-5,11-12,15H2,1-2H3,(H,25,30)/t23-/m1/s1. The molecule has 2 aromatic rings. The fourth-order valence-electron chi connectivity index (χ4n) is 4.48. The van der Waals surface area contributed by atoms with Crippen LogP contribution in [0.3, 0.4) is 0 Å². The highest BCUT2D eigenvalue weighted by atomic mass is 32.2. The fourth-order valence-corrected chi connectivity index (χ4v) is 6.05. The Balaban J connectivity index is 1.60. The lowest BCUT2D eigenvalue weighted by Gasteiger charge is -2.26. The van der Waals surface area contributed by atoms with Crippen LogP contribution in [0.4, 0.5) is 11.4 Å². The lowest BCUT2D eigenvalue weighted by molar-refractivity contribution is -0.122. The van der Waals surface area contributed by atoms with Gasteiger partial charge in [-0.1, -0.05) is 18.6 Å². The van der Waals surface area contributed by atoms with Gasteiger partial charge in [0, 0.05) is 43.4 Å². The maximum Gasteiger partial charge on any atom is 0.247 e. The van der Waals surface area contributed by atoms with E-state index < -0.39 is 22.0 Å².